The van der Waals surface area contributed by atoms with Gasteiger partial charge in [0.05, 0.1) is 18.9 Å². The van der Waals surface area contributed by atoms with Gasteiger partial charge in [-0.15, -0.1) is 0 Å². The number of alkyl halides is 3. The molecule has 2 aromatic rings. The highest BCUT2D eigenvalue weighted by Gasteiger charge is 2.40. The number of hydrogen-bond acceptors (Lipinski definition) is 8. The number of ether oxygens (including phenoxy) is 2. The van der Waals surface area contributed by atoms with Gasteiger partial charge in [0.25, 0.3) is 5.91 Å². The molecule has 1 amide bonds. The number of hydrazone groups is 1. The summed E-state index contributed by atoms with van der Waals surface area (Å²) in [4.78, 5) is 44.9. The predicted molar refractivity (Wildman–Crippen MR) is 122 cm³/mol. The summed E-state index contributed by atoms with van der Waals surface area (Å²) in [5.74, 6) is 1.53. The van der Waals surface area contributed by atoms with Crippen LogP contribution in [-0.4, -0.2) is 60.4 Å². The lowest BCUT2D eigenvalue weighted by atomic mass is 10.0. The second-order valence-corrected chi connectivity index (χ2v) is 6.88. The normalized spacial score (nSPS) is 11.6. The minimum Gasteiger partial charge on any atom is -0.482 e. The standard InChI is InChI=1S/C19H19N3O5.C4H5F3O2/c1-12(22-19(26)15-4-2-13(3-5-15)10-21-20)18(25)14-6-8-16(9-7-14)27-11-17(23)24;1-2-9-3(8)4(5,6)7/h2-10,12H,11,20H2,1H3,(H,22,26)(H,23,24);2H2,1H3/t12-;/m0./s1. The number of nitrogens with zero attached hydrogens (tertiary/aromatic N) is 1. The highest BCUT2D eigenvalue weighted by molar-refractivity contribution is 6.04. The third-order valence-electron chi connectivity index (χ3n) is 4.15. The van der Waals surface area contributed by atoms with E-state index in [9.17, 15) is 32.3 Å². The second kappa shape index (κ2) is 14.1. The molecule has 10 nitrogen and oxygen atoms in total. The van der Waals surface area contributed by atoms with Crippen molar-refractivity contribution in [3.05, 3.63) is 65.2 Å². The number of carboxylic acids is 1. The minimum atomic E-state index is -4.85. The Morgan fingerprint density at radius 2 is 1.61 bits per heavy atom. The molecule has 0 spiro atoms. The molecule has 0 saturated carbocycles. The molecule has 0 aromatic heterocycles. The fraction of sp³-hybridized carbons (Fsp3) is 0.261. The molecule has 13 heteroatoms. The number of carbonyl (C=O) groups excluding carboxylic acids is 3. The Morgan fingerprint density at radius 1 is 1.06 bits per heavy atom. The van der Waals surface area contributed by atoms with E-state index in [1.54, 1.807) is 31.2 Å². The van der Waals surface area contributed by atoms with Crippen LogP contribution in [0, 0.1) is 0 Å². The van der Waals surface area contributed by atoms with E-state index in [-0.39, 0.29) is 18.3 Å². The fourth-order valence-corrected chi connectivity index (χ4v) is 2.48. The van der Waals surface area contributed by atoms with E-state index in [4.69, 9.17) is 15.7 Å². The zero-order valence-corrected chi connectivity index (χ0v) is 19.2. The van der Waals surface area contributed by atoms with Gasteiger partial charge in [0.15, 0.2) is 12.4 Å². The lowest BCUT2D eigenvalue weighted by Crippen LogP contribution is -2.38. The molecule has 2 aromatic carbocycles. The van der Waals surface area contributed by atoms with Gasteiger partial charge in [0.1, 0.15) is 5.75 Å². The SMILES string of the molecule is CCOC(=O)C(F)(F)F.C[C@H](NC(=O)c1ccc(C=NN)cc1)C(=O)c1ccc(OCC(=O)O)cc1. The number of rotatable bonds is 9. The molecule has 0 unspecified atom stereocenters. The van der Waals surface area contributed by atoms with E-state index in [0.29, 0.717) is 16.9 Å². The van der Waals surface area contributed by atoms with E-state index in [2.05, 4.69) is 15.2 Å². The first kappa shape index (κ1) is 29.6. The third kappa shape index (κ3) is 10.2. The van der Waals surface area contributed by atoms with E-state index in [1.807, 2.05) is 0 Å². The first-order valence-corrected chi connectivity index (χ1v) is 10.3. The number of ketones is 1. The second-order valence-electron chi connectivity index (χ2n) is 6.88. The average molecular weight is 511 g/mol. The van der Waals surface area contributed by atoms with Crippen molar-refractivity contribution in [2.75, 3.05) is 13.2 Å². The minimum absolute atomic E-state index is 0.252. The van der Waals surface area contributed by atoms with E-state index in [0.717, 1.165) is 5.56 Å². The number of nitrogens with two attached hydrogens (primary N) is 1. The van der Waals surface area contributed by atoms with Crippen LogP contribution in [0.4, 0.5) is 13.2 Å². The summed E-state index contributed by atoms with van der Waals surface area (Å²) in [6, 6.07) is 11.9. The van der Waals surface area contributed by atoms with Crippen molar-refractivity contribution in [2.45, 2.75) is 26.1 Å². The third-order valence-corrected chi connectivity index (χ3v) is 4.15. The Morgan fingerprint density at radius 3 is 2.06 bits per heavy atom. The molecule has 36 heavy (non-hydrogen) atoms. The zero-order valence-electron chi connectivity index (χ0n) is 19.2. The summed E-state index contributed by atoms with van der Waals surface area (Å²) < 4.78 is 42.1. The average Bonchev–Trinajstić information content (AvgIpc) is 2.83. The Balaban J connectivity index is 0.000000613. The maximum Gasteiger partial charge on any atom is 0.490 e. The number of halogens is 3. The van der Waals surface area contributed by atoms with Gasteiger partial charge in [-0.25, -0.2) is 9.59 Å². The Bertz CT molecular complexity index is 1070. The molecule has 2 rings (SSSR count). The summed E-state index contributed by atoms with van der Waals surface area (Å²) in [6.07, 6.45) is -3.40. The van der Waals surface area contributed by atoms with Crippen molar-refractivity contribution >= 4 is 29.8 Å². The number of carboxylic acid groups (broad SMARTS) is 1. The molecule has 0 saturated heterocycles. The Labute approximate surface area is 203 Å². The van der Waals surface area contributed by atoms with Gasteiger partial charge in [0.2, 0.25) is 0 Å². The molecule has 0 aliphatic rings. The smallest absolute Gasteiger partial charge is 0.482 e. The van der Waals surface area contributed by atoms with Crippen LogP contribution in [-0.2, 0) is 14.3 Å². The maximum atomic E-state index is 12.4. The number of esters is 1. The van der Waals surface area contributed by atoms with Gasteiger partial charge in [0, 0.05) is 11.1 Å². The topological polar surface area (TPSA) is 157 Å². The van der Waals surface area contributed by atoms with Crippen molar-refractivity contribution in [2.24, 2.45) is 10.9 Å². The van der Waals surface area contributed by atoms with Gasteiger partial charge in [-0.3, -0.25) is 9.59 Å². The fourth-order valence-electron chi connectivity index (χ4n) is 2.48. The molecular formula is C23H24F3N3O7. The number of hydrogen-bond donors (Lipinski definition) is 3. The summed E-state index contributed by atoms with van der Waals surface area (Å²) in [6.45, 7) is 2.18. The predicted octanol–water partition coefficient (Wildman–Crippen LogP) is 2.56. The van der Waals surface area contributed by atoms with Crippen LogP contribution >= 0.6 is 0 Å². The maximum absolute atomic E-state index is 12.4. The van der Waals surface area contributed by atoms with E-state index < -0.39 is 30.8 Å². The van der Waals surface area contributed by atoms with Crippen molar-refractivity contribution in [1.29, 1.82) is 0 Å². The van der Waals surface area contributed by atoms with Crippen molar-refractivity contribution in [3.8, 4) is 5.75 Å². The van der Waals surface area contributed by atoms with Crippen molar-refractivity contribution < 1.29 is 46.9 Å². The zero-order chi connectivity index (χ0) is 27.3. The monoisotopic (exact) mass is 511 g/mol. The largest absolute Gasteiger partial charge is 0.490 e. The number of aliphatic carboxylic acids is 1. The van der Waals surface area contributed by atoms with Gasteiger partial charge in [-0.05, 0) is 55.8 Å². The lowest BCUT2D eigenvalue weighted by Gasteiger charge is -2.13. The number of Topliss-reactive ketones (excluding diaryl/α,β-unsaturated/α-hetero) is 1. The van der Waals surface area contributed by atoms with Crippen LogP contribution in [0.1, 0.15) is 40.1 Å². The highest BCUT2D eigenvalue weighted by atomic mass is 19.4. The molecular weight excluding hydrogens is 487 g/mol. The molecule has 0 radical (unpaired) electrons. The van der Waals surface area contributed by atoms with Crippen LogP contribution in [0.2, 0.25) is 0 Å². The summed E-state index contributed by atoms with van der Waals surface area (Å²) >= 11 is 0. The highest BCUT2D eigenvalue weighted by Crippen LogP contribution is 2.16. The van der Waals surface area contributed by atoms with Gasteiger partial charge in [-0.2, -0.15) is 18.3 Å². The first-order valence-electron chi connectivity index (χ1n) is 10.3. The molecule has 0 aliphatic heterocycles. The number of amides is 1. The van der Waals surface area contributed by atoms with Crippen LogP contribution in [0.3, 0.4) is 0 Å². The van der Waals surface area contributed by atoms with Crippen LogP contribution < -0.4 is 15.9 Å². The molecule has 1 atom stereocenters. The van der Waals surface area contributed by atoms with Crippen molar-refractivity contribution in [3.63, 3.8) is 0 Å². The van der Waals surface area contributed by atoms with Crippen LogP contribution in [0.15, 0.2) is 53.6 Å². The molecule has 194 valence electrons. The molecule has 0 bridgehead atoms. The number of benzene rings is 2. The van der Waals surface area contributed by atoms with Gasteiger partial charge in [-0.1, -0.05) is 12.1 Å². The van der Waals surface area contributed by atoms with E-state index >= 15 is 0 Å². The molecule has 0 fully saturated rings. The van der Waals surface area contributed by atoms with Crippen molar-refractivity contribution in [1.82, 2.24) is 5.32 Å². The Hall–Kier alpha value is -4.42. The quantitative estimate of drug-likeness (QED) is 0.152. The van der Waals surface area contributed by atoms with Crippen LogP contribution in [0.25, 0.3) is 0 Å². The Kier molecular flexibility index (Phi) is 11.6. The summed E-state index contributed by atoms with van der Waals surface area (Å²) in [5, 5.41) is 14.6. The lowest BCUT2D eigenvalue weighted by molar-refractivity contribution is -0.199. The molecule has 0 heterocycles. The van der Waals surface area contributed by atoms with E-state index in [1.165, 1.54) is 37.4 Å². The van der Waals surface area contributed by atoms with Gasteiger partial charge >= 0.3 is 18.1 Å². The molecule has 4 N–H and O–H groups in total. The number of carbonyl (C=O) groups is 4. The summed E-state index contributed by atoms with van der Waals surface area (Å²) in [7, 11) is 0. The van der Waals surface area contributed by atoms with Gasteiger partial charge < -0.3 is 25.7 Å². The molecule has 0 aliphatic carbocycles. The number of nitrogens with one attached hydrogen (secondary N) is 1. The van der Waals surface area contributed by atoms with Crippen LogP contribution in [0.5, 0.6) is 5.75 Å². The first-order chi connectivity index (χ1) is 16.9. The summed E-state index contributed by atoms with van der Waals surface area (Å²) in [5.41, 5.74) is 1.53.